The molecular formula is C6H2Cl2NO. The lowest BCUT2D eigenvalue weighted by Crippen LogP contribution is -1.83. The quantitative estimate of drug-likeness (QED) is 0.609. The second-order valence-electron chi connectivity index (χ2n) is 1.60. The Bertz CT molecular complexity index is 242. The predicted octanol–water partition coefficient (Wildman–Crippen LogP) is 1.85. The van der Waals surface area contributed by atoms with Gasteiger partial charge >= 0.3 is 0 Å². The lowest BCUT2D eigenvalue weighted by atomic mass is 10.3. The molecule has 0 fully saturated rings. The minimum absolute atomic E-state index is 0.200. The van der Waals surface area contributed by atoms with Gasteiger partial charge in [0, 0.05) is 5.56 Å². The molecule has 0 aromatic carbocycles. The van der Waals surface area contributed by atoms with E-state index in [1.807, 2.05) is 0 Å². The Kier molecular flexibility index (Phi) is 2.25. The molecule has 0 aliphatic carbocycles. The zero-order valence-electron chi connectivity index (χ0n) is 4.77. The van der Waals surface area contributed by atoms with Gasteiger partial charge in [0.1, 0.15) is 10.3 Å². The summed E-state index contributed by atoms with van der Waals surface area (Å²) >= 11 is 10.9. The van der Waals surface area contributed by atoms with Crippen LogP contribution in [-0.2, 0) is 4.79 Å². The molecule has 0 atom stereocenters. The van der Waals surface area contributed by atoms with Crippen LogP contribution in [0.25, 0.3) is 0 Å². The summed E-state index contributed by atoms with van der Waals surface area (Å²) in [5, 5.41) is 0.400. The van der Waals surface area contributed by atoms with Gasteiger partial charge in [-0.15, -0.1) is 0 Å². The van der Waals surface area contributed by atoms with E-state index in [-0.39, 0.29) is 10.3 Å². The number of pyridine rings is 1. The van der Waals surface area contributed by atoms with E-state index in [9.17, 15) is 4.79 Å². The van der Waals surface area contributed by atoms with E-state index in [1.165, 1.54) is 12.1 Å². The van der Waals surface area contributed by atoms with Gasteiger partial charge in [0.15, 0.2) is 0 Å². The van der Waals surface area contributed by atoms with Crippen molar-refractivity contribution in [2.24, 2.45) is 0 Å². The van der Waals surface area contributed by atoms with Gasteiger partial charge in [-0.05, 0) is 12.1 Å². The van der Waals surface area contributed by atoms with Crippen molar-refractivity contribution in [3.63, 3.8) is 0 Å². The molecule has 0 N–H and O–H groups in total. The highest BCUT2D eigenvalue weighted by atomic mass is 35.5. The topological polar surface area (TPSA) is 30.0 Å². The molecule has 10 heavy (non-hydrogen) atoms. The molecule has 0 amide bonds. The maximum Gasteiger partial charge on any atom is 0.233 e. The minimum atomic E-state index is 0.200. The van der Waals surface area contributed by atoms with Crippen molar-refractivity contribution in [3.05, 3.63) is 28.0 Å². The van der Waals surface area contributed by atoms with Crippen LogP contribution < -0.4 is 0 Å². The van der Waals surface area contributed by atoms with Crippen molar-refractivity contribution in [2.45, 2.75) is 0 Å². The van der Waals surface area contributed by atoms with Crippen LogP contribution in [-0.4, -0.2) is 11.3 Å². The minimum Gasteiger partial charge on any atom is -0.285 e. The van der Waals surface area contributed by atoms with Gasteiger partial charge in [-0.3, -0.25) is 4.79 Å². The van der Waals surface area contributed by atoms with Crippen LogP contribution in [0, 0.1) is 0 Å². The van der Waals surface area contributed by atoms with Crippen molar-refractivity contribution >= 4 is 29.5 Å². The second-order valence-corrected chi connectivity index (χ2v) is 2.38. The van der Waals surface area contributed by atoms with Gasteiger partial charge in [-0.2, -0.15) is 0 Å². The fourth-order valence-electron chi connectivity index (χ4n) is 0.524. The molecule has 0 saturated carbocycles. The Morgan fingerprint density at radius 1 is 1.30 bits per heavy atom. The molecule has 0 aliphatic heterocycles. The molecule has 4 heteroatoms. The number of hydrogen-bond donors (Lipinski definition) is 0. The molecule has 0 saturated heterocycles. The van der Waals surface area contributed by atoms with Crippen LogP contribution in [0.5, 0.6) is 0 Å². The zero-order valence-corrected chi connectivity index (χ0v) is 6.28. The third kappa shape index (κ3) is 1.69. The van der Waals surface area contributed by atoms with E-state index in [1.54, 1.807) is 6.29 Å². The third-order valence-corrected chi connectivity index (χ3v) is 1.27. The smallest absolute Gasteiger partial charge is 0.233 e. The summed E-state index contributed by atoms with van der Waals surface area (Å²) in [7, 11) is 0. The summed E-state index contributed by atoms with van der Waals surface area (Å²) in [6, 6.07) is 2.78. The van der Waals surface area contributed by atoms with E-state index < -0.39 is 0 Å². The predicted molar refractivity (Wildman–Crippen MR) is 39.1 cm³/mol. The largest absolute Gasteiger partial charge is 0.285 e. The number of halogens is 2. The Hall–Kier alpha value is -0.600. The monoisotopic (exact) mass is 174 g/mol. The first-order valence-electron chi connectivity index (χ1n) is 2.43. The van der Waals surface area contributed by atoms with Crippen LogP contribution in [0.4, 0.5) is 0 Å². The fourth-order valence-corrected chi connectivity index (χ4v) is 0.984. The van der Waals surface area contributed by atoms with Crippen LogP contribution in [0.1, 0.15) is 5.56 Å². The summed E-state index contributed by atoms with van der Waals surface area (Å²) in [4.78, 5) is 13.7. The first-order valence-corrected chi connectivity index (χ1v) is 3.19. The molecule has 51 valence electrons. The third-order valence-electron chi connectivity index (χ3n) is 0.881. The van der Waals surface area contributed by atoms with Crippen LogP contribution in [0.15, 0.2) is 12.1 Å². The van der Waals surface area contributed by atoms with Crippen molar-refractivity contribution in [1.82, 2.24) is 4.98 Å². The molecule has 2 nitrogen and oxygen atoms in total. The van der Waals surface area contributed by atoms with E-state index >= 15 is 0 Å². The number of rotatable bonds is 1. The van der Waals surface area contributed by atoms with Gasteiger partial charge in [-0.1, -0.05) is 23.2 Å². The average Bonchev–Trinajstić information content (AvgIpc) is 1.85. The molecular weight excluding hydrogens is 173 g/mol. The van der Waals surface area contributed by atoms with Gasteiger partial charge in [0.25, 0.3) is 0 Å². The van der Waals surface area contributed by atoms with Gasteiger partial charge < -0.3 is 0 Å². The lowest BCUT2D eigenvalue weighted by molar-refractivity contribution is 0.562. The molecule has 0 spiro atoms. The van der Waals surface area contributed by atoms with Gasteiger partial charge in [0.05, 0.1) is 0 Å². The first-order chi connectivity index (χ1) is 4.72. The summed E-state index contributed by atoms with van der Waals surface area (Å²) in [5.41, 5.74) is 0.310. The molecule has 0 unspecified atom stereocenters. The normalized spacial score (nSPS) is 9.40. The molecule has 1 aromatic rings. The number of hydrogen-bond acceptors (Lipinski definition) is 2. The molecule has 1 rings (SSSR count). The van der Waals surface area contributed by atoms with E-state index in [4.69, 9.17) is 23.2 Å². The maximum absolute atomic E-state index is 10.0. The Morgan fingerprint density at radius 3 is 2.20 bits per heavy atom. The summed E-state index contributed by atoms with van der Waals surface area (Å²) in [5.74, 6) is 0. The van der Waals surface area contributed by atoms with E-state index in [0.717, 1.165) is 0 Å². The number of nitrogens with zero attached hydrogens (tertiary/aromatic N) is 1. The fraction of sp³-hybridized carbons (Fsp3) is 0. The highest BCUT2D eigenvalue weighted by Gasteiger charge is 1.97. The van der Waals surface area contributed by atoms with Gasteiger partial charge in [0.2, 0.25) is 6.29 Å². The SMILES string of the molecule is O=[C]c1cc(Cl)nc(Cl)c1. The lowest BCUT2D eigenvalue weighted by Gasteiger charge is -1.91. The zero-order chi connectivity index (χ0) is 7.56. The Balaban J connectivity index is 3.18. The highest BCUT2D eigenvalue weighted by molar-refractivity contribution is 6.32. The van der Waals surface area contributed by atoms with Crippen LogP contribution in [0.3, 0.4) is 0 Å². The van der Waals surface area contributed by atoms with Crippen LogP contribution >= 0.6 is 23.2 Å². The van der Waals surface area contributed by atoms with Crippen molar-refractivity contribution < 1.29 is 4.79 Å². The maximum atomic E-state index is 10.0. The summed E-state index contributed by atoms with van der Waals surface area (Å²) < 4.78 is 0. The number of aromatic nitrogens is 1. The van der Waals surface area contributed by atoms with E-state index in [2.05, 4.69) is 4.98 Å². The summed E-state index contributed by atoms with van der Waals surface area (Å²) in [6.45, 7) is 0. The molecule has 0 bridgehead atoms. The molecule has 0 aliphatic rings. The number of carbonyl (C=O) groups excluding carboxylic acids is 1. The molecule has 1 radical (unpaired) electrons. The molecule has 1 aromatic heterocycles. The highest BCUT2D eigenvalue weighted by Crippen LogP contribution is 2.12. The second kappa shape index (κ2) is 2.99. The van der Waals surface area contributed by atoms with Gasteiger partial charge in [-0.25, -0.2) is 4.98 Å². The Labute approximate surface area is 67.8 Å². The van der Waals surface area contributed by atoms with Crippen LogP contribution in [0.2, 0.25) is 10.3 Å². The van der Waals surface area contributed by atoms with Crippen molar-refractivity contribution in [2.75, 3.05) is 0 Å². The standard InChI is InChI=1S/C6H2Cl2NO/c7-5-1-4(3-10)2-6(8)9-5/h1-2H. The van der Waals surface area contributed by atoms with Crippen molar-refractivity contribution in [3.8, 4) is 0 Å². The van der Waals surface area contributed by atoms with Crippen molar-refractivity contribution in [1.29, 1.82) is 0 Å². The average molecular weight is 175 g/mol. The molecule has 1 heterocycles. The van der Waals surface area contributed by atoms with E-state index in [0.29, 0.717) is 5.56 Å². The Morgan fingerprint density at radius 2 is 1.80 bits per heavy atom. The first kappa shape index (κ1) is 7.51. The summed E-state index contributed by atoms with van der Waals surface area (Å²) in [6.07, 6.45) is 1.65.